The van der Waals surface area contributed by atoms with E-state index in [2.05, 4.69) is 17.1 Å². The van der Waals surface area contributed by atoms with Crippen LogP contribution in [0.3, 0.4) is 0 Å². The van der Waals surface area contributed by atoms with Crippen LogP contribution in [0.4, 0.5) is 10.1 Å². The molecule has 1 aliphatic heterocycles. The maximum atomic E-state index is 14.1. The predicted octanol–water partition coefficient (Wildman–Crippen LogP) is 3.59. The fourth-order valence-corrected chi connectivity index (χ4v) is 2.91. The van der Waals surface area contributed by atoms with E-state index in [1.165, 1.54) is 6.07 Å². The molecule has 122 valence electrons. The van der Waals surface area contributed by atoms with Crippen molar-refractivity contribution in [2.45, 2.75) is 46.6 Å². The van der Waals surface area contributed by atoms with E-state index in [4.69, 9.17) is 0 Å². The number of nitrogens with one attached hydrogen (secondary N) is 1. The minimum Gasteiger partial charge on any atom is -0.367 e. The Kier molecular flexibility index (Phi) is 5.09. The average molecular weight is 306 g/mol. The third kappa shape index (κ3) is 3.99. The maximum Gasteiger partial charge on any atom is 0.225 e. The van der Waals surface area contributed by atoms with Gasteiger partial charge in [-0.05, 0) is 24.5 Å². The summed E-state index contributed by atoms with van der Waals surface area (Å²) in [6.45, 7) is 9.40. The lowest BCUT2D eigenvalue weighted by Crippen LogP contribution is -2.53. The molecule has 0 spiro atoms. The van der Waals surface area contributed by atoms with Crippen molar-refractivity contribution in [2.75, 3.05) is 18.0 Å². The normalized spacial score (nSPS) is 22.5. The number of halogens is 1. The second-order valence-electron chi connectivity index (χ2n) is 7.29. The highest BCUT2D eigenvalue weighted by molar-refractivity contribution is 5.81. The topological polar surface area (TPSA) is 32.3 Å². The van der Waals surface area contributed by atoms with E-state index >= 15 is 0 Å². The predicted molar refractivity (Wildman–Crippen MR) is 88.4 cm³/mol. The first-order chi connectivity index (χ1) is 10.3. The van der Waals surface area contributed by atoms with Gasteiger partial charge >= 0.3 is 0 Å². The molecule has 1 fully saturated rings. The molecule has 3 nitrogen and oxygen atoms in total. The summed E-state index contributed by atoms with van der Waals surface area (Å²) in [6, 6.07) is 6.95. The third-order valence-electron chi connectivity index (χ3n) is 4.32. The van der Waals surface area contributed by atoms with Gasteiger partial charge in [-0.25, -0.2) is 4.39 Å². The molecule has 2 unspecified atom stereocenters. The molecule has 0 aliphatic carbocycles. The number of benzene rings is 1. The molecular formula is C18H27FN2O. The molecule has 2 rings (SSSR count). The van der Waals surface area contributed by atoms with Crippen LogP contribution in [0.5, 0.6) is 0 Å². The van der Waals surface area contributed by atoms with E-state index in [0.717, 1.165) is 19.4 Å². The van der Waals surface area contributed by atoms with E-state index < -0.39 is 5.41 Å². The zero-order chi connectivity index (χ0) is 16.3. The number of hydrogen-bond acceptors (Lipinski definition) is 2. The van der Waals surface area contributed by atoms with Crippen molar-refractivity contribution in [1.82, 2.24) is 5.32 Å². The molecule has 1 amide bonds. The van der Waals surface area contributed by atoms with E-state index in [1.807, 2.05) is 32.9 Å². The standard InChI is InChI=1S/C18H27FN2O/c1-5-13-10-14(20-17(22)18(2,3)4)12-21(11-13)16-9-7-6-8-15(16)19/h6-9,13-14H,5,10-12H2,1-4H3,(H,20,22). The Morgan fingerprint density at radius 2 is 2.00 bits per heavy atom. The Labute approximate surface area is 132 Å². The quantitative estimate of drug-likeness (QED) is 0.925. The van der Waals surface area contributed by atoms with Crippen molar-refractivity contribution in [2.24, 2.45) is 11.3 Å². The second kappa shape index (κ2) is 6.67. The summed E-state index contributed by atoms with van der Waals surface area (Å²) >= 11 is 0. The Balaban J connectivity index is 2.13. The van der Waals surface area contributed by atoms with Crippen LogP contribution in [0.25, 0.3) is 0 Å². The van der Waals surface area contributed by atoms with Crippen LogP contribution < -0.4 is 10.2 Å². The molecule has 1 aliphatic rings. The maximum absolute atomic E-state index is 14.1. The van der Waals surface area contributed by atoms with Gasteiger partial charge in [0.1, 0.15) is 5.82 Å². The number of para-hydroxylation sites is 1. The molecule has 1 aromatic carbocycles. The summed E-state index contributed by atoms with van der Waals surface area (Å²) in [6.07, 6.45) is 2.00. The van der Waals surface area contributed by atoms with Gasteiger partial charge in [0.05, 0.1) is 5.69 Å². The van der Waals surface area contributed by atoms with Crippen molar-refractivity contribution < 1.29 is 9.18 Å². The van der Waals surface area contributed by atoms with Crippen molar-refractivity contribution in [3.05, 3.63) is 30.1 Å². The highest BCUT2D eigenvalue weighted by Gasteiger charge is 2.31. The van der Waals surface area contributed by atoms with Gasteiger partial charge in [-0.1, -0.05) is 46.2 Å². The molecule has 0 bridgehead atoms. The summed E-state index contributed by atoms with van der Waals surface area (Å²) in [4.78, 5) is 14.3. The molecule has 2 atom stereocenters. The van der Waals surface area contributed by atoms with Gasteiger partial charge in [-0.2, -0.15) is 0 Å². The summed E-state index contributed by atoms with van der Waals surface area (Å²) in [5.41, 5.74) is 0.234. The first-order valence-corrected chi connectivity index (χ1v) is 8.11. The van der Waals surface area contributed by atoms with Gasteiger partial charge in [0.15, 0.2) is 0 Å². The van der Waals surface area contributed by atoms with Crippen LogP contribution in [0.1, 0.15) is 40.5 Å². The van der Waals surface area contributed by atoms with Crippen LogP contribution in [0.15, 0.2) is 24.3 Å². The second-order valence-corrected chi connectivity index (χ2v) is 7.29. The summed E-state index contributed by atoms with van der Waals surface area (Å²) < 4.78 is 14.1. The Hall–Kier alpha value is -1.58. The Morgan fingerprint density at radius 1 is 1.32 bits per heavy atom. The zero-order valence-electron chi connectivity index (χ0n) is 14.0. The first kappa shape index (κ1) is 16.8. The summed E-state index contributed by atoms with van der Waals surface area (Å²) in [7, 11) is 0. The Bertz CT molecular complexity index is 524. The lowest BCUT2D eigenvalue weighted by molar-refractivity contribution is -0.129. The summed E-state index contributed by atoms with van der Waals surface area (Å²) in [5, 5.41) is 3.14. The fraction of sp³-hybridized carbons (Fsp3) is 0.611. The van der Waals surface area contributed by atoms with Gasteiger partial charge < -0.3 is 10.2 Å². The van der Waals surface area contributed by atoms with Gasteiger partial charge in [0, 0.05) is 24.5 Å². The van der Waals surface area contributed by atoms with Crippen LogP contribution in [-0.4, -0.2) is 25.0 Å². The number of rotatable bonds is 3. The number of carbonyl (C=O) groups is 1. The van der Waals surface area contributed by atoms with E-state index in [1.54, 1.807) is 6.07 Å². The van der Waals surface area contributed by atoms with Gasteiger partial charge in [-0.15, -0.1) is 0 Å². The zero-order valence-corrected chi connectivity index (χ0v) is 14.0. The number of piperidine rings is 1. The fourth-order valence-electron chi connectivity index (χ4n) is 2.91. The molecule has 0 saturated carbocycles. The summed E-state index contributed by atoms with van der Waals surface area (Å²) in [5.74, 6) is 0.335. The van der Waals surface area contributed by atoms with Crippen molar-refractivity contribution in [3.8, 4) is 0 Å². The molecule has 1 heterocycles. The van der Waals surface area contributed by atoms with Gasteiger partial charge in [0.25, 0.3) is 0 Å². The van der Waals surface area contributed by atoms with E-state index in [9.17, 15) is 9.18 Å². The van der Waals surface area contributed by atoms with E-state index in [-0.39, 0.29) is 17.8 Å². The minimum absolute atomic E-state index is 0.0581. The van der Waals surface area contributed by atoms with Crippen LogP contribution in [-0.2, 0) is 4.79 Å². The highest BCUT2D eigenvalue weighted by atomic mass is 19.1. The van der Waals surface area contributed by atoms with Crippen LogP contribution >= 0.6 is 0 Å². The lowest BCUT2D eigenvalue weighted by atomic mass is 9.89. The van der Waals surface area contributed by atoms with Gasteiger partial charge in [-0.3, -0.25) is 4.79 Å². The Morgan fingerprint density at radius 3 is 2.59 bits per heavy atom. The van der Waals surface area contributed by atoms with E-state index in [0.29, 0.717) is 18.2 Å². The third-order valence-corrected chi connectivity index (χ3v) is 4.32. The molecule has 1 N–H and O–H groups in total. The van der Waals surface area contributed by atoms with Gasteiger partial charge in [0.2, 0.25) is 5.91 Å². The lowest BCUT2D eigenvalue weighted by Gasteiger charge is -2.40. The van der Waals surface area contributed by atoms with Crippen molar-refractivity contribution in [3.63, 3.8) is 0 Å². The van der Waals surface area contributed by atoms with Crippen molar-refractivity contribution >= 4 is 11.6 Å². The number of amides is 1. The molecule has 0 aromatic heterocycles. The molecular weight excluding hydrogens is 279 g/mol. The minimum atomic E-state index is -0.401. The monoisotopic (exact) mass is 306 g/mol. The molecule has 0 radical (unpaired) electrons. The number of hydrogen-bond donors (Lipinski definition) is 1. The molecule has 1 aromatic rings. The molecule has 4 heteroatoms. The average Bonchev–Trinajstić information content (AvgIpc) is 2.46. The van der Waals surface area contributed by atoms with Crippen LogP contribution in [0.2, 0.25) is 0 Å². The molecule has 1 saturated heterocycles. The SMILES string of the molecule is CCC1CC(NC(=O)C(C)(C)C)CN(c2ccccc2F)C1. The first-order valence-electron chi connectivity index (χ1n) is 8.11. The van der Waals surface area contributed by atoms with Crippen LogP contribution in [0, 0.1) is 17.2 Å². The van der Waals surface area contributed by atoms with Crippen molar-refractivity contribution in [1.29, 1.82) is 0 Å². The highest BCUT2D eigenvalue weighted by Crippen LogP contribution is 2.27. The number of nitrogens with zero attached hydrogens (tertiary/aromatic N) is 1. The number of carbonyl (C=O) groups excluding carboxylic acids is 1. The molecule has 22 heavy (non-hydrogen) atoms. The largest absolute Gasteiger partial charge is 0.367 e. The smallest absolute Gasteiger partial charge is 0.225 e. The number of anilines is 1.